The monoisotopic (exact) mass is 674 g/mol. The van der Waals surface area contributed by atoms with E-state index < -0.39 is 10.0 Å². The van der Waals surface area contributed by atoms with Crippen molar-refractivity contribution in [2.75, 3.05) is 45.7 Å². The predicted octanol–water partition coefficient (Wildman–Crippen LogP) is 1.79. The highest BCUT2D eigenvalue weighted by molar-refractivity contribution is 7.92. The number of aromatic nitrogens is 3. The molecule has 2 aliphatic heterocycles. The molecule has 9 N–H and O–H groups in total. The summed E-state index contributed by atoms with van der Waals surface area (Å²) in [5.74, 6) is 0.617. The van der Waals surface area contributed by atoms with Gasteiger partial charge in [-0.05, 0) is 49.6 Å². The van der Waals surface area contributed by atoms with Gasteiger partial charge < -0.3 is 42.5 Å². The highest BCUT2D eigenvalue weighted by Crippen LogP contribution is 2.36. The van der Waals surface area contributed by atoms with E-state index >= 15 is 0 Å². The number of sulfonamides is 1. The summed E-state index contributed by atoms with van der Waals surface area (Å²) in [7, 11) is -4.06. The van der Waals surface area contributed by atoms with E-state index in [4.69, 9.17) is 22.2 Å². The molecule has 48 heavy (non-hydrogen) atoms. The van der Waals surface area contributed by atoms with Crippen LogP contribution in [0, 0.1) is 6.92 Å². The quantitative estimate of drug-likeness (QED) is 0.142. The number of anilines is 5. The molecular weight excluding hydrogens is 632 g/mol. The number of phenolic OH excluding ortho intramolecular Hbond substituents is 1. The van der Waals surface area contributed by atoms with Crippen LogP contribution in [0.15, 0.2) is 77.7 Å². The summed E-state index contributed by atoms with van der Waals surface area (Å²) in [4.78, 5) is 17.9. The van der Waals surface area contributed by atoms with Crippen molar-refractivity contribution in [2.24, 2.45) is 17.2 Å². The van der Waals surface area contributed by atoms with Crippen LogP contribution in [0.3, 0.4) is 0 Å². The minimum atomic E-state index is -4.06. The summed E-state index contributed by atoms with van der Waals surface area (Å²) in [6.45, 7) is 3.23. The van der Waals surface area contributed by atoms with Gasteiger partial charge in [0.05, 0.1) is 29.8 Å². The number of benzene rings is 3. The topological polar surface area (TPSA) is 213 Å². The van der Waals surface area contributed by atoms with Gasteiger partial charge >= 0.3 is 0 Å². The Balaban J connectivity index is 1.35. The first kappa shape index (κ1) is 33.4. The summed E-state index contributed by atoms with van der Waals surface area (Å²) in [6, 6.07) is 19.7. The van der Waals surface area contributed by atoms with Crippen molar-refractivity contribution in [3.05, 3.63) is 83.9 Å². The Morgan fingerprint density at radius 1 is 0.875 bits per heavy atom. The number of aliphatic hydroxyl groups excluding tert-OH is 1. The molecule has 3 heterocycles. The maximum atomic E-state index is 14.0. The average Bonchev–Trinajstić information content (AvgIpc) is 3.45. The number of hydrogen-bond acceptors (Lipinski definition) is 13. The smallest absolute Gasteiger partial charge is 0.264 e. The first-order valence-corrected chi connectivity index (χ1v) is 17.3. The van der Waals surface area contributed by atoms with Gasteiger partial charge in [0.15, 0.2) is 0 Å². The SMILES string of the molecule is Cc1ccc(S(=O)(=O)N(Cc2ccccc2)c2ccc(Nc3nc(N4C[C@H](N)C[C@H](N)C4)nc(N4C[C@@H](N)C[C@H]4CO)n3)cc2O)cc1. The lowest BCUT2D eigenvalue weighted by Crippen LogP contribution is -2.53. The summed E-state index contributed by atoms with van der Waals surface area (Å²) in [5.41, 5.74) is 21.0. The van der Waals surface area contributed by atoms with Crippen molar-refractivity contribution in [3.8, 4) is 5.75 Å². The number of piperidine rings is 1. The molecule has 1 aromatic heterocycles. The second kappa shape index (κ2) is 13.9. The van der Waals surface area contributed by atoms with Gasteiger partial charge in [0.1, 0.15) is 5.75 Å². The fraction of sp³-hybridized carbons (Fsp3) is 0.364. The Bertz CT molecular complexity index is 1820. The van der Waals surface area contributed by atoms with Crippen molar-refractivity contribution in [1.82, 2.24) is 15.0 Å². The standard InChI is InChI=1S/C33H42N10O4S/c1-21-7-10-28(11-8-21)48(46,47)43(16-22-5-3-2-4-6-22)29-12-9-26(15-30(29)45)37-31-38-32(41-17-23(34)13-24(35)18-41)40-33(39-31)42-19-25(36)14-27(42)20-44/h2-12,15,23-25,27,44-45H,13-14,16-20,34-36H2,1H3,(H,37,38,39,40)/t23-,24+,25-,27-/m0/s1. The second-order valence-corrected chi connectivity index (χ2v) is 14.4. The normalized spacial score (nSPS) is 21.4. The molecule has 0 radical (unpaired) electrons. The molecule has 0 amide bonds. The van der Waals surface area contributed by atoms with E-state index in [0.29, 0.717) is 50.1 Å². The van der Waals surface area contributed by atoms with Crippen LogP contribution in [-0.4, -0.2) is 84.0 Å². The van der Waals surface area contributed by atoms with Gasteiger partial charge in [0.25, 0.3) is 10.0 Å². The number of nitrogens with one attached hydrogen (secondary N) is 1. The largest absolute Gasteiger partial charge is 0.506 e. The molecule has 2 saturated heterocycles. The molecule has 3 aromatic carbocycles. The van der Waals surface area contributed by atoms with Crippen molar-refractivity contribution >= 4 is 39.2 Å². The number of aliphatic hydroxyl groups is 1. The zero-order valence-electron chi connectivity index (χ0n) is 26.7. The van der Waals surface area contributed by atoms with E-state index in [1.54, 1.807) is 36.4 Å². The van der Waals surface area contributed by atoms with Crippen LogP contribution in [-0.2, 0) is 16.6 Å². The molecule has 15 heteroatoms. The lowest BCUT2D eigenvalue weighted by atomic mass is 10.0. The van der Waals surface area contributed by atoms with Gasteiger partial charge in [-0.1, -0.05) is 48.0 Å². The van der Waals surface area contributed by atoms with Crippen LogP contribution < -0.4 is 36.6 Å². The van der Waals surface area contributed by atoms with Gasteiger partial charge in [0.2, 0.25) is 17.8 Å². The molecule has 6 rings (SSSR count). The second-order valence-electron chi connectivity index (χ2n) is 12.5. The molecule has 4 aromatic rings. The Hall–Kier alpha value is -4.54. The van der Waals surface area contributed by atoms with Crippen LogP contribution in [0.4, 0.5) is 29.2 Å². The maximum absolute atomic E-state index is 14.0. The average molecular weight is 675 g/mol. The van der Waals surface area contributed by atoms with E-state index in [2.05, 4.69) is 15.3 Å². The molecular formula is C33H42N10O4S. The van der Waals surface area contributed by atoms with Crippen LogP contribution in [0.1, 0.15) is 24.0 Å². The Morgan fingerprint density at radius 2 is 1.54 bits per heavy atom. The molecule has 254 valence electrons. The zero-order valence-corrected chi connectivity index (χ0v) is 27.5. The van der Waals surface area contributed by atoms with Crippen molar-refractivity contribution in [3.63, 3.8) is 0 Å². The number of rotatable bonds is 10. The predicted molar refractivity (Wildman–Crippen MR) is 186 cm³/mol. The first-order valence-electron chi connectivity index (χ1n) is 15.9. The third-order valence-electron chi connectivity index (χ3n) is 8.60. The van der Waals surface area contributed by atoms with Crippen LogP contribution in [0.2, 0.25) is 0 Å². The number of hydrogen-bond donors (Lipinski definition) is 6. The zero-order chi connectivity index (χ0) is 34.0. The van der Waals surface area contributed by atoms with Crippen molar-refractivity contribution in [2.45, 2.75) is 55.4 Å². The van der Waals surface area contributed by atoms with Crippen molar-refractivity contribution in [1.29, 1.82) is 0 Å². The maximum Gasteiger partial charge on any atom is 0.264 e. The molecule has 4 atom stereocenters. The fourth-order valence-corrected chi connectivity index (χ4v) is 7.69. The molecule has 2 fully saturated rings. The van der Waals surface area contributed by atoms with E-state index in [1.165, 1.54) is 10.4 Å². The molecule has 0 saturated carbocycles. The van der Waals surface area contributed by atoms with E-state index in [-0.39, 0.29) is 59.6 Å². The third kappa shape index (κ3) is 7.29. The number of phenols is 1. The number of nitrogens with two attached hydrogens (primary N) is 3. The lowest BCUT2D eigenvalue weighted by molar-refractivity contribution is 0.264. The van der Waals surface area contributed by atoms with E-state index in [0.717, 1.165) is 11.1 Å². The number of nitrogens with zero attached hydrogens (tertiary/aromatic N) is 6. The Labute approximate surface area is 280 Å². The molecule has 0 aliphatic carbocycles. The van der Waals surface area contributed by atoms with Crippen LogP contribution >= 0.6 is 0 Å². The van der Waals surface area contributed by atoms with Gasteiger partial charge in [-0.3, -0.25) is 4.31 Å². The summed E-state index contributed by atoms with van der Waals surface area (Å²) in [6.07, 6.45) is 1.26. The highest BCUT2D eigenvalue weighted by atomic mass is 32.2. The van der Waals surface area contributed by atoms with Gasteiger partial charge in [-0.25, -0.2) is 8.42 Å². The van der Waals surface area contributed by atoms with Crippen molar-refractivity contribution < 1.29 is 18.6 Å². The van der Waals surface area contributed by atoms with Gasteiger partial charge in [-0.15, -0.1) is 0 Å². The third-order valence-corrected chi connectivity index (χ3v) is 10.4. The molecule has 14 nitrogen and oxygen atoms in total. The first-order chi connectivity index (χ1) is 23.0. The van der Waals surface area contributed by atoms with Gasteiger partial charge in [0, 0.05) is 49.5 Å². The Kier molecular flexibility index (Phi) is 9.66. The van der Waals surface area contributed by atoms with Gasteiger partial charge in [-0.2, -0.15) is 15.0 Å². The lowest BCUT2D eigenvalue weighted by Gasteiger charge is -2.35. The molecule has 0 unspecified atom stereocenters. The molecule has 2 aliphatic rings. The fourth-order valence-electron chi connectivity index (χ4n) is 6.22. The Morgan fingerprint density at radius 3 is 2.21 bits per heavy atom. The van der Waals surface area contributed by atoms with E-state index in [1.807, 2.05) is 47.1 Å². The number of aromatic hydroxyl groups is 1. The summed E-state index contributed by atoms with van der Waals surface area (Å²) >= 11 is 0. The minimum absolute atomic E-state index is 0.00166. The van der Waals surface area contributed by atoms with Crippen LogP contribution in [0.25, 0.3) is 0 Å². The summed E-state index contributed by atoms with van der Waals surface area (Å²) < 4.78 is 29.1. The number of aryl methyl sites for hydroxylation is 1. The highest BCUT2D eigenvalue weighted by Gasteiger charge is 2.33. The summed E-state index contributed by atoms with van der Waals surface area (Å²) in [5, 5.41) is 24.5. The molecule has 0 spiro atoms. The minimum Gasteiger partial charge on any atom is -0.506 e. The van der Waals surface area contributed by atoms with E-state index in [9.17, 15) is 18.6 Å². The molecule has 0 bridgehead atoms. The van der Waals surface area contributed by atoms with Crippen LogP contribution in [0.5, 0.6) is 5.75 Å².